The van der Waals surface area contributed by atoms with Crippen LogP contribution in [0.15, 0.2) is 24.3 Å². The molecule has 0 saturated carbocycles. The summed E-state index contributed by atoms with van der Waals surface area (Å²) in [5.74, 6) is 0.843. The van der Waals surface area contributed by atoms with Gasteiger partial charge >= 0.3 is 0 Å². The number of rotatable bonds is 7. The molecule has 5 heteroatoms. The third kappa shape index (κ3) is 4.44. The molecule has 0 bridgehead atoms. The molecule has 1 aromatic heterocycles. The number of benzene rings is 1. The zero-order valence-electron chi connectivity index (χ0n) is 13.0. The van der Waals surface area contributed by atoms with E-state index < -0.39 is 0 Å². The minimum absolute atomic E-state index is 0.171. The predicted octanol–water partition coefficient (Wildman–Crippen LogP) is 3.96. The molecule has 0 fully saturated rings. The molecular formula is C16H22N2O2S. The first kappa shape index (κ1) is 15.8. The van der Waals surface area contributed by atoms with E-state index in [9.17, 15) is 0 Å². The maximum Gasteiger partial charge on any atom is 0.121 e. The zero-order chi connectivity index (χ0) is 15.2. The highest BCUT2D eigenvalue weighted by atomic mass is 32.1. The van der Waals surface area contributed by atoms with E-state index in [0.29, 0.717) is 13.2 Å². The fourth-order valence-corrected chi connectivity index (χ4v) is 3.10. The Hall–Kier alpha value is -1.59. The van der Waals surface area contributed by atoms with Gasteiger partial charge in [0.15, 0.2) is 0 Å². The van der Waals surface area contributed by atoms with Crippen molar-refractivity contribution in [2.24, 2.45) is 0 Å². The molecule has 0 saturated heterocycles. The number of hydrogen-bond acceptors (Lipinski definition) is 5. The third-order valence-corrected chi connectivity index (χ3v) is 4.02. The van der Waals surface area contributed by atoms with Crippen molar-refractivity contribution < 1.29 is 9.47 Å². The molecule has 4 nitrogen and oxygen atoms in total. The van der Waals surface area contributed by atoms with E-state index in [2.05, 4.69) is 24.1 Å². The predicted molar refractivity (Wildman–Crippen MR) is 87.4 cm³/mol. The average Bonchev–Trinajstić information content (AvgIpc) is 2.78. The highest BCUT2D eigenvalue weighted by Crippen LogP contribution is 2.26. The summed E-state index contributed by atoms with van der Waals surface area (Å²) in [7, 11) is 1.67. The van der Waals surface area contributed by atoms with Crippen LogP contribution in [0.4, 0.5) is 5.69 Å². The summed E-state index contributed by atoms with van der Waals surface area (Å²) in [5.41, 5.74) is 2.14. The smallest absolute Gasteiger partial charge is 0.121 e. The number of nitrogens with zero attached hydrogens (tertiary/aromatic N) is 1. The molecule has 0 amide bonds. The molecule has 1 aromatic carbocycles. The first-order chi connectivity index (χ1) is 10.1. The Morgan fingerprint density at radius 2 is 2.10 bits per heavy atom. The maximum absolute atomic E-state index is 5.62. The first-order valence-corrected chi connectivity index (χ1v) is 7.84. The molecule has 21 heavy (non-hydrogen) atoms. The lowest BCUT2D eigenvalue weighted by Gasteiger charge is -2.15. The number of aryl methyl sites for hydroxylation is 2. The second-order valence-corrected chi connectivity index (χ2v) is 6.32. The van der Waals surface area contributed by atoms with E-state index >= 15 is 0 Å². The van der Waals surface area contributed by atoms with Crippen LogP contribution < -0.4 is 10.1 Å². The molecule has 1 N–H and O–H groups in total. The molecule has 114 valence electrons. The number of aromatic nitrogens is 1. The fourth-order valence-electron chi connectivity index (χ4n) is 2.18. The Labute approximate surface area is 130 Å². The van der Waals surface area contributed by atoms with Gasteiger partial charge in [-0.25, -0.2) is 4.98 Å². The third-order valence-electron chi connectivity index (χ3n) is 3.12. The van der Waals surface area contributed by atoms with Crippen molar-refractivity contribution in [3.05, 3.63) is 39.8 Å². The second-order valence-electron chi connectivity index (χ2n) is 4.91. The highest BCUT2D eigenvalue weighted by Gasteiger charge is 2.13. The van der Waals surface area contributed by atoms with Gasteiger partial charge in [0, 0.05) is 23.7 Å². The zero-order valence-corrected chi connectivity index (χ0v) is 13.8. The van der Waals surface area contributed by atoms with Gasteiger partial charge in [-0.1, -0.05) is 6.07 Å². The molecule has 2 rings (SSSR count). The lowest BCUT2D eigenvalue weighted by Crippen LogP contribution is -2.09. The van der Waals surface area contributed by atoms with E-state index in [1.165, 1.54) is 4.88 Å². The molecule has 1 heterocycles. The Balaban J connectivity index is 2.02. The molecule has 1 atom stereocenters. The Morgan fingerprint density at radius 3 is 2.76 bits per heavy atom. The van der Waals surface area contributed by atoms with Crippen LogP contribution in [0.25, 0.3) is 0 Å². The number of ether oxygens (including phenoxy) is 2. The second kappa shape index (κ2) is 7.43. The summed E-state index contributed by atoms with van der Waals surface area (Å²) in [5, 5.41) is 4.58. The van der Waals surface area contributed by atoms with Crippen molar-refractivity contribution in [2.45, 2.75) is 26.8 Å². The summed E-state index contributed by atoms with van der Waals surface area (Å²) in [6.45, 7) is 7.42. The molecule has 0 spiro atoms. The van der Waals surface area contributed by atoms with E-state index in [-0.39, 0.29) is 6.04 Å². The van der Waals surface area contributed by atoms with Gasteiger partial charge in [-0.05, 0) is 32.9 Å². The van der Waals surface area contributed by atoms with Gasteiger partial charge in [0.05, 0.1) is 23.4 Å². The van der Waals surface area contributed by atoms with E-state index in [1.807, 2.05) is 31.2 Å². The molecule has 0 aliphatic rings. The minimum Gasteiger partial charge on any atom is -0.491 e. The van der Waals surface area contributed by atoms with E-state index in [4.69, 9.17) is 9.47 Å². The summed E-state index contributed by atoms with van der Waals surface area (Å²) in [6, 6.07) is 8.14. The van der Waals surface area contributed by atoms with E-state index in [0.717, 1.165) is 22.1 Å². The van der Waals surface area contributed by atoms with Gasteiger partial charge in [-0.3, -0.25) is 0 Å². The van der Waals surface area contributed by atoms with Crippen molar-refractivity contribution in [1.82, 2.24) is 4.98 Å². The molecule has 0 radical (unpaired) electrons. The standard InChI is InChI=1S/C16H22N2O2S/c1-11(16-12(2)21-13(3)18-16)17-14-6-5-7-15(10-14)20-9-8-19-4/h5-7,10-11,17H,8-9H2,1-4H3. The summed E-state index contributed by atoms with van der Waals surface area (Å²) >= 11 is 1.74. The molecule has 0 aliphatic heterocycles. The van der Waals surface area contributed by atoms with Crippen molar-refractivity contribution in [2.75, 3.05) is 25.6 Å². The van der Waals surface area contributed by atoms with Crippen molar-refractivity contribution in [1.29, 1.82) is 0 Å². The summed E-state index contributed by atoms with van der Waals surface area (Å²) in [4.78, 5) is 5.86. The number of methoxy groups -OCH3 is 1. The SMILES string of the molecule is COCCOc1cccc(NC(C)c2nc(C)sc2C)c1. The molecule has 1 unspecified atom stereocenters. The number of hydrogen-bond donors (Lipinski definition) is 1. The van der Waals surface area contributed by atoms with E-state index in [1.54, 1.807) is 18.4 Å². The van der Waals surface area contributed by atoms with Gasteiger partial charge in [0.1, 0.15) is 12.4 Å². The number of nitrogens with one attached hydrogen (secondary N) is 1. The van der Waals surface area contributed by atoms with Crippen LogP contribution in [0.1, 0.15) is 28.5 Å². The number of anilines is 1. The van der Waals surface area contributed by atoms with Gasteiger partial charge in [0.25, 0.3) is 0 Å². The van der Waals surface area contributed by atoms with Crippen LogP contribution >= 0.6 is 11.3 Å². The summed E-state index contributed by atoms with van der Waals surface area (Å²) < 4.78 is 10.6. The highest BCUT2D eigenvalue weighted by molar-refractivity contribution is 7.11. The number of thiazole rings is 1. The quantitative estimate of drug-likeness (QED) is 0.786. The summed E-state index contributed by atoms with van der Waals surface area (Å²) in [6.07, 6.45) is 0. The van der Waals surface area contributed by atoms with Crippen LogP contribution in [0, 0.1) is 13.8 Å². The Kier molecular flexibility index (Phi) is 5.59. The lowest BCUT2D eigenvalue weighted by molar-refractivity contribution is 0.146. The largest absolute Gasteiger partial charge is 0.491 e. The van der Waals surface area contributed by atoms with Crippen LogP contribution in [0.3, 0.4) is 0 Å². The van der Waals surface area contributed by atoms with Crippen LogP contribution in [0.5, 0.6) is 5.75 Å². The van der Waals surface area contributed by atoms with Crippen molar-refractivity contribution in [3.63, 3.8) is 0 Å². The monoisotopic (exact) mass is 306 g/mol. The van der Waals surface area contributed by atoms with Crippen LogP contribution in [-0.4, -0.2) is 25.3 Å². The lowest BCUT2D eigenvalue weighted by atomic mass is 10.2. The van der Waals surface area contributed by atoms with Gasteiger partial charge in [0.2, 0.25) is 0 Å². The molecule has 2 aromatic rings. The topological polar surface area (TPSA) is 43.4 Å². The van der Waals surface area contributed by atoms with Crippen LogP contribution in [-0.2, 0) is 4.74 Å². The Bertz CT molecular complexity index is 583. The van der Waals surface area contributed by atoms with Gasteiger partial charge in [-0.2, -0.15) is 0 Å². The van der Waals surface area contributed by atoms with Crippen molar-refractivity contribution in [3.8, 4) is 5.75 Å². The normalized spacial score (nSPS) is 12.2. The minimum atomic E-state index is 0.171. The molecular weight excluding hydrogens is 284 g/mol. The Morgan fingerprint density at radius 1 is 1.29 bits per heavy atom. The first-order valence-electron chi connectivity index (χ1n) is 7.02. The van der Waals surface area contributed by atoms with Crippen LogP contribution in [0.2, 0.25) is 0 Å². The average molecular weight is 306 g/mol. The van der Waals surface area contributed by atoms with Gasteiger partial charge < -0.3 is 14.8 Å². The fraction of sp³-hybridized carbons (Fsp3) is 0.438. The maximum atomic E-state index is 5.62. The van der Waals surface area contributed by atoms with Gasteiger partial charge in [-0.15, -0.1) is 11.3 Å². The molecule has 0 aliphatic carbocycles. The van der Waals surface area contributed by atoms with Crippen molar-refractivity contribution >= 4 is 17.0 Å².